The molecule has 0 saturated carbocycles. The normalized spacial score (nSPS) is 16.4. The van der Waals surface area contributed by atoms with Gasteiger partial charge >= 0.3 is 0 Å². The molecule has 31 heavy (non-hydrogen) atoms. The topological polar surface area (TPSA) is 67.5 Å². The molecule has 8 heteroatoms. The van der Waals surface area contributed by atoms with Gasteiger partial charge in [-0.05, 0) is 48.2 Å². The first-order chi connectivity index (χ1) is 15.0. The number of aromatic nitrogens is 1. The van der Waals surface area contributed by atoms with Crippen LogP contribution in [0.25, 0.3) is 11.1 Å². The lowest BCUT2D eigenvalue weighted by Gasteiger charge is -2.19. The SMILES string of the molecule is O=C(CC1C=NCC1)NC(Cc1cc(F)cc(F)c1)c1nocc1-c1ccc(Cl)cc1. The molecule has 4 rings (SSSR count). The fourth-order valence-corrected chi connectivity index (χ4v) is 3.83. The van der Waals surface area contributed by atoms with Gasteiger partial charge in [0.1, 0.15) is 23.6 Å². The van der Waals surface area contributed by atoms with Gasteiger partial charge in [-0.15, -0.1) is 0 Å². The average molecular weight is 444 g/mol. The molecule has 0 aliphatic carbocycles. The van der Waals surface area contributed by atoms with E-state index in [1.165, 1.54) is 18.4 Å². The molecule has 0 saturated heterocycles. The molecule has 1 N–H and O–H groups in total. The van der Waals surface area contributed by atoms with Crippen molar-refractivity contribution in [3.63, 3.8) is 0 Å². The van der Waals surface area contributed by atoms with E-state index in [-0.39, 0.29) is 24.7 Å². The Kier molecular flexibility index (Phi) is 6.42. The van der Waals surface area contributed by atoms with Crippen molar-refractivity contribution in [1.82, 2.24) is 10.5 Å². The van der Waals surface area contributed by atoms with E-state index in [9.17, 15) is 13.6 Å². The fourth-order valence-electron chi connectivity index (χ4n) is 3.71. The van der Waals surface area contributed by atoms with Crippen LogP contribution in [0.3, 0.4) is 0 Å². The molecule has 2 heterocycles. The zero-order valence-corrected chi connectivity index (χ0v) is 17.3. The molecule has 3 aromatic rings. The molecule has 2 atom stereocenters. The van der Waals surface area contributed by atoms with Crippen molar-refractivity contribution in [1.29, 1.82) is 0 Å². The Morgan fingerprint density at radius 2 is 1.94 bits per heavy atom. The molecule has 2 unspecified atom stereocenters. The van der Waals surface area contributed by atoms with Crippen molar-refractivity contribution >= 4 is 23.7 Å². The number of hydrogen-bond acceptors (Lipinski definition) is 4. The summed E-state index contributed by atoms with van der Waals surface area (Å²) in [7, 11) is 0. The Balaban J connectivity index is 1.63. The zero-order valence-electron chi connectivity index (χ0n) is 16.5. The van der Waals surface area contributed by atoms with Gasteiger partial charge in [-0.2, -0.15) is 0 Å². The van der Waals surface area contributed by atoms with E-state index >= 15 is 0 Å². The Hall–Kier alpha value is -3.06. The van der Waals surface area contributed by atoms with E-state index in [1.807, 2.05) is 12.1 Å². The summed E-state index contributed by atoms with van der Waals surface area (Å²) in [5.41, 5.74) is 2.34. The minimum absolute atomic E-state index is 0.0836. The Bertz CT molecular complexity index is 1080. The highest BCUT2D eigenvalue weighted by molar-refractivity contribution is 6.30. The van der Waals surface area contributed by atoms with Gasteiger partial charge in [0.25, 0.3) is 0 Å². The number of halogens is 3. The van der Waals surface area contributed by atoms with Crippen LogP contribution in [0, 0.1) is 17.6 Å². The van der Waals surface area contributed by atoms with E-state index in [4.69, 9.17) is 16.1 Å². The van der Waals surface area contributed by atoms with Crippen molar-refractivity contribution in [2.75, 3.05) is 6.54 Å². The van der Waals surface area contributed by atoms with E-state index < -0.39 is 17.7 Å². The fraction of sp³-hybridized carbons (Fsp3) is 0.261. The molecule has 0 radical (unpaired) electrons. The summed E-state index contributed by atoms with van der Waals surface area (Å²) < 4.78 is 32.7. The summed E-state index contributed by atoms with van der Waals surface area (Å²) in [6.07, 6.45) is 4.53. The molecular formula is C23H20ClF2N3O2. The molecule has 1 aliphatic rings. The van der Waals surface area contributed by atoms with Crippen molar-refractivity contribution < 1.29 is 18.1 Å². The summed E-state index contributed by atoms with van der Waals surface area (Å²) in [4.78, 5) is 16.9. The second kappa shape index (κ2) is 9.39. The van der Waals surface area contributed by atoms with Gasteiger partial charge in [0.2, 0.25) is 5.91 Å². The van der Waals surface area contributed by atoms with Gasteiger partial charge in [-0.25, -0.2) is 8.78 Å². The number of rotatable bonds is 7. The molecule has 0 bridgehead atoms. The van der Waals surface area contributed by atoms with Crippen LogP contribution in [0.15, 0.2) is 58.2 Å². The number of hydrogen-bond donors (Lipinski definition) is 1. The maximum atomic E-state index is 13.7. The standard InChI is InChI=1S/C23H20ClF2N3O2/c24-17-3-1-16(2-4-17)20-13-31-29-23(20)21(9-15-7-18(25)11-19(26)8-15)28-22(30)10-14-5-6-27-12-14/h1-4,7-8,11-14,21H,5-6,9-10H2,(H,28,30). The highest BCUT2D eigenvalue weighted by Crippen LogP contribution is 2.31. The molecule has 1 aliphatic heterocycles. The van der Waals surface area contributed by atoms with E-state index in [1.54, 1.807) is 18.3 Å². The lowest BCUT2D eigenvalue weighted by atomic mass is 9.96. The Morgan fingerprint density at radius 3 is 2.61 bits per heavy atom. The van der Waals surface area contributed by atoms with E-state index in [2.05, 4.69) is 15.5 Å². The van der Waals surface area contributed by atoms with Crippen LogP contribution in [0.2, 0.25) is 5.02 Å². The number of nitrogens with zero attached hydrogens (tertiary/aromatic N) is 2. The van der Waals surface area contributed by atoms with Crippen LogP contribution in [0.4, 0.5) is 8.78 Å². The highest BCUT2D eigenvalue weighted by atomic mass is 35.5. The van der Waals surface area contributed by atoms with Crippen LogP contribution >= 0.6 is 11.6 Å². The highest BCUT2D eigenvalue weighted by Gasteiger charge is 2.25. The average Bonchev–Trinajstić information content (AvgIpc) is 3.39. The Morgan fingerprint density at radius 1 is 1.19 bits per heavy atom. The van der Waals surface area contributed by atoms with Gasteiger partial charge in [0, 0.05) is 41.8 Å². The summed E-state index contributed by atoms with van der Waals surface area (Å²) in [6.45, 7) is 0.716. The van der Waals surface area contributed by atoms with Gasteiger partial charge in [-0.1, -0.05) is 28.9 Å². The second-order valence-electron chi connectivity index (χ2n) is 7.53. The Labute approximate surface area is 183 Å². The molecule has 0 spiro atoms. The quantitative estimate of drug-likeness (QED) is 0.548. The van der Waals surface area contributed by atoms with Gasteiger partial charge in [0.15, 0.2) is 0 Å². The van der Waals surface area contributed by atoms with Crippen LogP contribution in [-0.4, -0.2) is 23.8 Å². The lowest BCUT2D eigenvalue weighted by Crippen LogP contribution is -2.32. The van der Waals surface area contributed by atoms with Crippen molar-refractivity contribution in [2.24, 2.45) is 10.9 Å². The molecule has 1 aromatic heterocycles. The van der Waals surface area contributed by atoms with Crippen LogP contribution < -0.4 is 5.32 Å². The van der Waals surface area contributed by atoms with Gasteiger partial charge in [0.05, 0.1) is 6.04 Å². The molecule has 1 amide bonds. The molecular weight excluding hydrogens is 424 g/mol. The third kappa shape index (κ3) is 5.35. The van der Waals surface area contributed by atoms with Gasteiger partial charge < -0.3 is 9.84 Å². The largest absolute Gasteiger partial charge is 0.364 e. The first kappa shape index (κ1) is 21.2. The molecule has 2 aromatic carbocycles. The lowest BCUT2D eigenvalue weighted by molar-refractivity contribution is -0.122. The smallest absolute Gasteiger partial charge is 0.221 e. The predicted molar refractivity (Wildman–Crippen MR) is 114 cm³/mol. The van der Waals surface area contributed by atoms with Gasteiger partial charge in [-0.3, -0.25) is 9.79 Å². The minimum Gasteiger partial charge on any atom is -0.364 e. The number of carbonyl (C=O) groups excluding carboxylic acids is 1. The van der Waals surface area contributed by atoms with Crippen molar-refractivity contribution in [2.45, 2.75) is 25.3 Å². The minimum atomic E-state index is -0.680. The predicted octanol–water partition coefficient (Wildman–Crippen LogP) is 5.15. The van der Waals surface area contributed by atoms with Crippen molar-refractivity contribution in [3.8, 4) is 11.1 Å². The second-order valence-corrected chi connectivity index (χ2v) is 7.97. The van der Waals surface area contributed by atoms with Crippen LogP contribution in [0.1, 0.15) is 30.1 Å². The number of benzene rings is 2. The van der Waals surface area contributed by atoms with Crippen molar-refractivity contribution in [3.05, 3.63) is 76.6 Å². The molecule has 0 fully saturated rings. The molecule has 160 valence electrons. The molecule has 5 nitrogen and oxygen atoms in total. The maximum Gasteiger partial charge on any atom is 0.221 e. The summed E-state index contributed by atoms with van der Waals surface area (Å²) in [5, 5.41) is 7.65. The van der Waals surface area contributed by atoms with Crippen LogP contribution in [0.5, 0.6) is 0 Å². The van der Waals surface area contributed by atoms with E-state index in [0.717, 1.165) is 18.1 Å². The third-order valence-electron chi connectivity index (χ3n) is 5.17. The van der Waals surface area contributed by atoms with Crippen LogP contribution in [-0.2, 0) is 11.2 Å². The van der Waals surface area contributed by atoms with E-state index in [0.29, 0.717) is 28.4 Å². The first-order valence-corrected chi connectivity index (χ1v) is 10.3. The number of aliphatic imine (C=N–C) groups is 1. The number of nitrogens with one attached hydrogen (secondary N) is 1. The summed E-state index contributed by atoms with van der Waals surface area (Å²) >= 11 is 5.98. The third-order valence-corrected chi connectivity index (χ3v) is 5.43. The summed E-state index contributed by atoms with van der Waals surface area (Å²) in [5.74, 6) is -1.47. The summed E-state index contributed by atoms with van der Waals surface area (Å²) in [6, 6.07) is 9.76. The number of amides is 1. The zero-order chi connectivity index (χ0) is 21.8. The first-order valence-electron chi connectivity index (χ1n) is 9.92. The number of carbonyl (C=O) groups is 1. The monoisotopic (exact) mass is 443 g/mol. The maximum absolute atomic E-state index is 13.7.